The third-order valence-corrected chi connectivity index (χ3v) is 3.06. The summed E-state index contributed by atoms with van der Waals surface area (Å²) in [5.74, 6) is -0.144. The second-order valence-corrected chi connectivity index (χ2v) is 4.99. The number of esters is 1. The van der Waals surface area contributed by atoms with Gasteiger partial charge in [0.25, 0.3) is 0 Å². The van der Waals surface area contributed by atoms with Crippen molar-refractivity contribution in [1.82, 2.24) is 0 Å². The van der Waals surface area contributed by atoms with Crippen LogP contribution in [0.4, 0.5) is 0 Å². The smallest absolute Gasteiger partial charge is 0.331 e. The van der Waals surface area contributed by atoms with Crippen LogP contribution < -0.4 is 0 Å². The topological polar surface area (TPSA) is 43.4 Å². The summed E-state index contributed by atoms with van der Waals surface area (Å²) >= 11 is 0. The van der Waals surface area contributed by atoms with E-state index in [0.717, 1.165) is 5.57 Å². The second-order valence-electron chi connectivity index (χ2n) is 4.99. The SMILES string of the molecule is CC1(C)CC(=O)C[C@@]2(C)OC(=O)C=C12. The van der Waals surface area contributed by atoms with Crippen LogP contribution in [-0.4, -0.2) is 17.4 Å². The number of carbonyl (C=O) groups excluding carboxylic acids is 2. The maximum Gasteiger partial charge on any atom is 0.331 e. The minimum absolute atomic E-state index is 0.171. The molecule has 76 valence electrons. The van der Waals surface area contributed by atoms with Crippen LogP contribution in [0.3, 0.4) is 0 Å². The van der Waals surface area contributed by atoms with Crippen LogP contribution in [0.25, 0.3) is 0 Å². The van der Waals surface area contributed by atoms with Gasteiger partial charge in [-0.1, -0.05) is 13.8 Å². The predicted octanol–water partition coefficient (Wildman–Crippen LogP) is 1.62. The Bertz CT molecular complexity index is 352. The van der Waals surface area contributed by atoms with Gasteiger partial charge in [-0.05, 0) is 17.9 Å². The summed E-state index contributed by atoms with van der Waals surface area (Å²) < 4.78 is 5.21. The molecule has 1 saturated carbocycles. The molecule has 1 aliphatic carbocycles. The summed E-state index contributed by atoms with van der Waals surface area (Å²) in [6.45, 7) is 5.79. The number of ether oxygens (including phenoxy) is 1. The van der Waals surface area contributed by atoms with Gasteiger partial charge in [-0.25, -0.2) is 4.79 Å². The van der Waals surface area contributed by atoms with Gasteiger partial charge in [0.05, 0.1) is 0 Å². The molecule has 1 heterocycles. The number of Topliss-reactive ketones (excluding diaryl/α,β-unsaturated/α-hetero) is 1. The molecular weight excluding hydrogens is 180 g/mol. The molecule has 2 aliphatic rings. The van der Waals surface area contributed by atoms with Crippen LogP contribution in [0.5, 0.6) is 0 Å². The number of hydrogen-bond donors (Lipinski definition) is 0. The molecule has 1 atom stereocenters. The van der Waals surface area contributed by atoms with Gasteiger partial charge in [0.2, 0.25) is 0 Å². The Hall–Kier alpha value is -1.12. The van der Waals surface area contributed by atoms with Crippen molar-refractivity contribution in [3.63, 3.8) is 0 Å². The quantitative estimate of drug-likeness (QED) is 0.550. The fourth-order valence-electron chi connectivity index (χ4n) is 2.65. The molecule has 0 aromatic rings. The van der Waals surface area contributed by atoms with Crippen LogP contribution >= 0.6 is 0 Å². The molecule has 0 amide bonds. The Morgan fingerprint density at radius 1 is 1.21 bits per heavy atom. The van der Waals surface area contributed by atoms with Gasteiger partial charge in [0, 0.05) is 18.9 Å². The van der Waals surface area contributed by atoms with Gasteiger partial charge < -0.3 is 4.74 Å². The molecule has 1 fully saturated rings. The zero-order chi connectivity index (χ0) is 10.6. The molecule has 1 aliphatic heterocycles. The average molecular weight is 194 g/mol. The van der Waals surface area contributed by atoms with Crippen LogP contribution in [0.1, 0.15) is 33.6 Å². The lowest BCUT2D eigenvalue weighted by Gasteiger charge is -2.40. The first-order chi connectivity index (χ1) is 6.33. The number of hydrogen-bond acceptors (Lipinski definition) is 3. The first kappa shape index (κ1) is 9.44. The summed E-state index contributed by atoms with van der Waals surface area (Å²) in [7, 11) is 0. The molecule has 3 nitrogen and oxygen atoms in total. The van der Waals surface area contributed by atoms with E-state index in [2.05, 4.69) is 0 Å². The molecule has 0 unspecified atom stereocenters. The largest absolute Gasteiger partial charge is 0.451 e. The highest BCUT2D eigenvalue weighted by Gasteiger charge is 2.51. The van der Waals surface area contributed by atoms with E-state index in [4.69, 9.17) is 4.74 Å². The molecule has 0 radical (unpaired) electrons. The lowest BCUT2D eigenvalue weighted by molar-refractivity contribution is -0.149. The van der Waals surface area contributed by atoms with E-state index in [9.17, 15) is 9.59 Å². The first-order valence-corrected chi connectivity index (χ1v) is 4.81. The highest BCUT2D eigenvalue weighted by atomic mass is 16.6. The maximum absolute atomic E-state index is 11.5. The van der Waals surface area contributed by atoms with E-state index in [-0.39, 0.29) is 17.2 Å². The van der Waals surface area contributed by atoms with Crippen LogP contribution in [0.2, 0.25) is 0 Å². The van der Waals surface area contributed by atoms with Crippen molar-refractivity contribution in [3.05, 3.63) is 11.6 Å². The van der Waals surface area contributed by atoms with Crippen molar-refractivity contribution >= 4 is 11.8 Å². The number of carbonyl (C=O) groups is 2. The number of rotatable bonds is 0. The molecule has 2 rings (SSSR count). The predicted molar refractivity (Wildman–Crippen MR) is 50.6 cm³/mol. The van der Waals surface area contributed by atoms with Crippen LogP contribution in [0.15, 0.2) is 11.6 Å². The molecule has 0 N–H and O–H groups in total. The number of fused-ring (bicyclic) bond motifs is 1. The molecule has 0 aromatic heterocycles. The maximum atomic E-state index is 11.5. The van der Waals surface area contributed by atoms with Crippen molar-refractivity contribution in [2.45, 2.75) is 39.2 Å². The van der Waals surface area contributed by atoms with Crippen molar-refractivity contribution in [1.29, 1.82) is 0 Å². The standard InChI is InChI=1S/C11H14O3/c1-10(2)5-7(12)6-11(3)8(10)4-9(13)14-11/h4H,5-6H2,1-3H3/t11-/m1/s1. The number of ketones is 1. The zero-order valence-corrected chi connectivity index (χ0v) is 8.72. The van der Waals surface area contributed by atoms with Gasteiger partial charge in [0.1, 0.15) is 11.4 Å². The zero-order valence-electron chi connectivity index (χ0n) is 8.72. The van der Waals surface area contributed by atoms with Crippen LogP contribution in [-0.2, 0) is 14.3 Å². The molecule has 3 heteroatoms. The first-order valence-electron chi connectivity index (χ1n) is 4.81. The highest BCUT2D eigenvalue weighted by Crippen LogP contribution is 2.48. The van der Waals surface area contributed by atoms with Crippen molar-refractivity contribution in [3.8, 4) is 0 Å². The Balaban J connectivity index is 2.48. The Kier molecular flexibility index (Phi) is 1.66. The fourth-order valence-corrected chi connectivity index (χ4v) is 2.65. The van der Waals surface area contributed by atoms with E-state index in [1.54, 1.807) is 6.08 Å². The van der Waals surface area contributed by atoms with Gasteiger partial charge in [0.15, 0.2) is 0 Å². The monoisotopic (exact) mass is 194 g/mol. The molecule has 14 heavy (non-hydrogen) atoms. The Morgan fingerprint density at radius 2 is 1.86 bits per heavy atom. The van der Waals surface area contributed by atoms with Crippen molar-refractivity contribution < 1.29 is 14.3 Å². The molecular formula is C11H14O3. The van der Waals surface area contributed by atoms with Gasteiger partial charge in [-0.2, -0.15) is 0 Å². The molecule has 0 aromatic carbocycles. The van der Waals surface area contributed by atoms with E-state index in [0.29, 0.717) is 12.8 Å². The minimum atomic E-state index is -0.671. The van der Waals surface area contributed by atoms with Gasteiger partial charge in [-0.3, -0.25) is 4.79 Å². The second kappa shape index (κ2) is 2.47. The summed E-state index contributed by atoms with van der Waals surface area (Å²) in [6.07, 6.45) is 2.38. The van der Waals surface area contributed by atoms with Crippen molar-refractivity contribution in [2.24, 2.45) is 5.41 Å². The Morgan fingerprint density at radius 3 is 2.50 bits per heavy atom. The summed E-state index contributed by atoms with van der Waals surface area (Å²) in [4.78, 5) is 22.7. The summed E-state index contributed by atoms with van der Waals surface area (Å²) in [5.41, 5.74) is 0.0567. The van der Waals surface area contributed by atoms with E-state index in [1.807, 2.05) is 20.8 Å². The third kappa shape index (κ3) is 1.19. The lowest BCUT2D eigenvalue weighted by Crippen LogP contribution is -2.43. The molecule has 0 bridgehead atoms. The van der Waals surface area contributed by atoms with E-state index < -0.39 is 5.60 Å². The van der Waals surface area contributed by atoms with Gasteiger partial charge in [-0.15, -0.1) is 0 Å². The third-order valence-electron chi connectivity index (χ3n) is 3.06. The summed E-state index contributed by atoms with van der Waals surface area (Å²) in [5, 5.41) is 0. The average Bonchev–Trinajstić information content (AvgIpc) is 2.22. The fraction of sp³-hybridized carbons (Fsp3) is 0.636. The highest BCUT2D eigenvalue weighted by molar-refractivity contribution is 5.91. The van der Waals surface area contributed by atoms with Crippen molar-refractivity contribution in [2.75, 3.05) is 0 Å². The minimum Gasteiger partial charge on any atom is -0.451 e. The van der Waals surface area contributed by atoms with Crippen LogP contribution in [0, 0.1) is 5.41 Å². The van der Waals surface area contributed by atoms with E-state index >= 15 is 0 Å². The Labute approximate surface area is 83.1 Å². The lowest BCUT2D eigenvalue weighted by atomic mass is 9.66. The van der Waals surface area contributed by atoms with Gasteiger partial charge >= 0.3 is 5.97 Å². The molecule has 0 spiro atoms. The normalized spacial score (nSPS) is 34.9. The summed E-state index contributed by atoms with van der Waals surface area (Å²) in [6, 6.07) is 0. The molecule has 0 saturated heterocycles. The van der Waals surface area contributed by atoms with E-state index in [1.165, 1.54) is 0 Å².